The summed E-state index contributed by atoms with van der Waals surface area (Å²) in [6, 6.07) is 30.0. The van der Waals surface area contributed by atoms with Gasteiger partial charge in [-0.1, -0.05) is 0 Å². The van der Waals surface area contributed by atoms with Gasteiger partial charge in [-0.2, -0.15) is 0 Å². The Kier molecular flexibility index (Phi) is 10.3. The second-order valence-electron chi connectivity index (χ2n) is 16.2. The Balaban J connectivity index is 0.00000240. The molecule has 4 aromatic carbocycles. The maximum atomic E-state index is 2.78. The SMILES string of the molecule is CC1=Cc2c(-c3ccc(C(C)(C)C)cc3)cc(C)c(C)c2[CH]1[Zr]([CH3])([CH3])(=[SiH2])[CH]1C(C(C)C)=Cc2c(-c3ccccc3)cccc21.Cl.Cl. The van der Waals surface area contributed by atoms with Crippen LogP contribution in [0, 0.1) is 19.8 Å². The van der Waals surface area contributed by atoms with E-state index in [2.05, 4.69) is 163 Å². The number of halogens is 2. The van der Waals surface area contributed by atoms with Gasteiger partial charge in [0.15, 0.2) is 0 Å². The summed E-state index contributed by atoms with van der Waals surface area (Å²) in [5.74, 6) is 0.509. The summed E-state index contributed by atoms with van der Waals surface area (Å²) in [6.45, 7) is 21.4. The Bertz CT molecular complexity index is 1920. The quantitative estimate of drug-likeness (QED) is 0.178. The minimum Gasteiger partial charge on any atom is -0.147 e. The Morgan fingerprint density at radius 1 is 0.696 bits per heavy atom. The summed E-state index contributed by atoms with van der Waals surface area (Å²) in [7, 11) is 0. The number of allylic oxidation sites excluding steroid dienone is 2. The molecule has 242 valence electrons. The van der Waals surface area contributed by atoms with Crippen LogP contribution in [-0.4, -0.2) is 6.88 Å². The van der Waals surface area contributed by atoms with Gasteiger partial charge in [0.05, 0.1) is 0 Å². The molecule has 0 amide bonds. The second-order valence-corrected chi connectivity index (χ2v) is 46.7. The first-order valence-corrected chi connectivity index (χ1v) is 30.2. The normalized spacial score (nSPS) is 17.5. The molecule has 0 aliphatic heterocycles. The molecule has 0 fully saturated rings. The first-order valence-electron chi connectivity index (χ1n) is 16.5. The van der Waals surface area contributed by atoms with Gasteiger partial charge in [-0.25, -0.2) is 0 Å². The van der Waals surface area contributed by atoms with E-state index in [9.17, 15) is 0 Å². The molecule has 0 N–H and O–H groups in total. The van der Waals surface area contributed by atoms with Crippen molar-refractivity contribution in [3.8, 4) is 22.3 Å². The van der Waals surface area contributed by atoms with Crippen molar-refractivity contribution in [2.24, 2.45) is 5.92 Å². The third-order valence-corrected chi connectivity index (χ3v) is 28.4. The van der Waals surface area contributed by atoms with E-state index in [-0.39, 0.29) is 30.2 Å². The molecule has 2 unspecified atom stereocenters. The molecular weight excluding hydrogens is 695 g/mol. The Labute approximate surface area is 293 Å². The van der Waals surface area contributed by atoms with Gasteiger partial charge in [0.1, 0.15) is 0 Å². The molecule has 0 nitrogen and oxygen atoms in total. The van der Waals surface area contributed by atoms with Crippen LogP contribution in [0.4, 0.5) is 0 Å². The summed E-state index contributed by atoms with van der Waals surface area (Å²) >= 11 is -3.70. The second kappa shape index (κ2) is 12.8. The van der Waals surface area contributed by atoms with Crippen LogP contribution in [0.25, 0.3) is 34.4 Å². The van der Waals surface area contributed by atoms with Gasteiger partial charge in [-0.05, 0) is 0 Å². The topological polar surface area (TPSA) is 0 Å². The minimum absolute atomic E-state index is 0. The van der Waals surface area contributed by atoms with Gasteiger partial charge >= 0.3 is 271 Å². The standard InChI is InChI=1S/C22H25.C18H17.2CH3.2ClH.H2Si.Zr/c1-14-11-19-16(3)15(2)13-20(21(19)12-14)17-7-9-18(10-8-17)22(4,5)6;1-13(2)16-11-15-9-6-10-17(18(15)12-16)14-7-4-3-5-8-14;;;;;;/h7-13H,1-6H3;3-13H,1-2H3;2*1H3;2*1H;1H2;. The molecule has 2 aliphatic carbocycles. The Hall–Kier alpha value is -1.96. The van der Waals surface area contributed by atoms with Gasteiger partial charge in [0.2, 0.25) is 0 Å². The monoisotopic (exact) mass is 744 g/mol. The number of rotatable bonds is 5. The van der Waals surface area contributed by atoms with E-state index in [4.69, 9.17) is 0 Å². The molecule has 0 bridgehead atoms. The summed E-state index contributed by atoms with van der Waals surface area (Å²) in [5.41, 5.74) is 19.2. The molecule has 2 aliphatic rings. The minimum atomic E-state index is -3.70. The third kappa shape index (κ3) is 6.07. The number of aryl methyl sites for hydroxylation is 1. The van der Waals surface area contributed by atoms with E-state index >= 15 is 0 Å². The van der Waals surface area contributed by atoms with Crippen molar-refractivity contribution in [2.45, 2.75) is 77.3 Å². The largest absolute Gasteiger partial charge is 0.147 e. The average molecular weight is 747 g/mol. The smallest absolute Gasteiger partial charge is 0.147 e. The van der Waals surface area contributed by atoms with Crippen molar-refractivity contribution < 1.29 is 17.4 Å². The molecule has 0 saturated carbocycles. The molecule has 4 aromatic rings. The number of fused-ring (bicyclic) bond motifs is 2. The Morgan fingerprint density at radius 3 is 1.89 bits per heavy atom. The molecule has 2 atom stereocenters. The van der Waals surface area contributed by atoms with Gasteiger partial charge in [-0.3, -0.25) is 0 Å². The maximum absolute atomic E-state index is 3.70. The Morgan fingerprint density at radius 2 is 1.30 bits per heavy atom. The van der Waals surface area contributed by atoms with E-state index in [1.165, 1.54) is 50.1 Å². The van der Waals surface area contributed by atoms with Crippen molar-refractivity contribution >= 4 is 43.8 Å². The van der Waals surface area contributed by atoms with Crippen LogP contribution < -0.4 is 0 Å². The van der Waals surface area contributed by atoms with Crippen LogP contribution in [0.2, 0.25) is 9.26 Å². The molecule has 0 saturated heterocycles. The number of hydrogen-bond acceptors (Lipinski definition) is 0. The molecule has 46 heavy (non-hydrogen) atoms. The molecule has 0 spiro atoms. The third-order valence-electron chi connectivity index (χ3n) is 10.9. The van der Waals surface area contributed by atoms with Crippen molar-refractivity contribution in [1.82, 2.24) is 0 Å². The fraction of sp³-hybridized carbons (Fsp3) is 0.333. The average Bonchev–Trinajstić information content (AvgIpc) is 3.55. The zero-order valence-corrected chi connectivity index (χ0v) is 34.9. The summed E-state index contributed by atoms with van der Waals surface area (Å²) in [4.78, 5) is 0. The molecule has 0 radical (unpaired) electrons. The zero-order valence-electron chi connectivity index (χ0n) is 29.4. The van der Waals surface area contributed by atoms with Crippen LogP contribution in [0.5, 0.6) is 0 Å². The first-order chi connectivity index (χ1) is 20.6. The van der Waals surface area contributed by atoms with Gasteiger partial charge in [-0.15, -0.1) is 24.8 Å². The van der Waals surface area contributed by atoms with Gasteiger partial charge in [0.25, 0.3) is 0 Å². The van der Waals surface area contributed by atoms with Crippen LogP contribution in [-0.2, 0) is 22.8 Å². The maximum Gasteiger partial charge on any atom is -0.147 e. The van der Waals surface area contributed by atoms with E-state index in [1.54, 1.807) is 22.3 Å². The van der Waals surface area contributed by atoms with Crippen LogP contribution in [0.15, 0.2) is 90.0 Å². The number of benzene rings is 4. The van der Waals surface area contributed by atoms with E-state index in [1.807, 2.05) is 0 Å². The molecular formula is C42H52Cl2SiZr. The van der Waals surface area contributed by atoms with Crippen molar-refractivity contribution in [3.05, 3.63) is 129 Å². The van der Waals surface area contributed by atoms with E-state index in [0.717, 1.165) is 0 Å². The molecule has 6 rings (SSSR count). The van der Waals surface area contributed by atoms with E-state index in [0.29, 0.717) is 13.2 Å². The summed E-state index contributed by atoms with van der Waals surface area (Å²) in [6.07, 6.45) is 5.17. The van der Waals surface area contributed by atoms with Crippen LogP contribution >= 0.6 is 24.8 Å². The predicted octanol–water partition coefficient (Wildman–Crippen LogP) is 12.4. The summed E-state index contributed by atoms with van der Waals surface area (Å²) < 4.78 is 6.58. The zero-order chi connectivity index (χ0) is 31.8. The first kappa shape index (κ1) is 36.9. The molecule has 0 heterocycles. The van der Waals surface area contributed by atoms with Crippen LogP contribution in [0.3, 0.4) is 0 Å². The number of hydrogen-bond donors (Lipinski definition) is 0. The van der Waals surface area contributed by atoms with E-state index < -0.39 is 17.4 Å². The van der Waals surface area contributed by atoms with Gasteiger partial charge in [0, 0.05) is 0 Å². The predicted molar refractivity (Wildman–Crippen MR) is 209 cm³/mol. The molecule has 4 heteroatoms. The summed E-state index contributed by atoms with van der Waals surface area (Å²) in [5, 5.41) is 0. The fourth-order valence-electron chi connectivity index (χ4n) is 8.66. The van der Waals surface area contributed by atoms with Crippen molar-refractivity contribution in [1.29, 1.82) is 0 Å². The van der Waals surface area contributed by atoms with Crippen molar-refractivity contribution in [2.75, 3.05) is 0 Å². The molecule has 0 aromatic heterocycles. The fourth-order valence-corrected chi connectivity index (χ4v) is 29.3. The van der Waals surface area contributed by atoms with Crippen molar-refractivity contribution in [3.63, 3.8) is 0 Å². The van der Waals surface area contributed by atoms with Crippen LogP contribution in [0.1, 0.15) is 87.7 Å². The van der Waals surface area contributed by atoms with Gasteiger partial charge < -0.3 is 0 Å².